The number of benzene rings is 3. The smallest absolute Gasteiger partial charge is 0.234 e. The maximum Gasteiger partial charge on any atom is 0.234 e. The Morgan fingerprint density at radius 1 is 0.741 bits per heavy atom. The summed E-state index contributed by atoms with van der Waals surface area (Å²) in [7, 11) is 6.46. The van der Waals surface area contributed by atoms with Gasteiger partial charge in [-0.2, -0.15) is 0 Å². The molecule has 0 spiro atoms. The maximum absolute atomic E-state index is 6.49. The molecule has 3 aromatic carbocycles. The predicted octanol–water partition coefficient (Wildman–Crippen LogP) is 6.86. The molecular weight excluding hydrogens is 329 g/mol. The fourth-order valence-electron chi connectivity index (χ4n) is 4.48. The van der Waals surface area contributed by atoms with E-state index >= 15 is 0 Å². The molecule has 1 heterocycles. The number of para-hydroxylation sites is 3. The Morgan fingerprint density at radius 3 is 2.22 bits per heavy atom. The van der Waals surface area contributed by atoms with Crippen molar-refractivity contribution >= 4 is 41.3 Å². The molecule has 3 heteroatoms. The summed E-state index contributed by atoms with van der Waals surface area (Å²) >= 11 is 0. The van der Waals surface area contributed by atoms with Crippen molar-refractivity contribution < 1.29 is 4.42 Å². The van der Waals surface area contributed by atoms with Gasteiger partial charge in [0.15, 0.2) is 5.58 Å². The zero-order valence-corrected chi connectivity index (χ0v) is 15.4. The molecule has 1 fully saturated rings. The van der Waals surface area contributed by atoms with E-state index < -0.39 is 0 Å². The molecule has 0 bridgehead atoms. The zero-order valence-electron chi connectivity index (χ0n) is 15.4. The number of hydrogen-bond acceptors (Lipinski definition) is 2. The zero-order chi connectivity index (χ0) is 18.2. The molecule has 0 atom stereocenters. The van der Waals surface area contributed by atoms with Gasteiger partial charge in [0, 0.05) is 16.5 Å². The molecule has 1 aliphatic carbocycles. The highest BCUT2D eigenvalue weighted by atomic mass is 16.3. The van der Waals surface area contributed by atoms with Gasteiger partial charge in [-0.25, -0.2) is 0 Å². The van der Waals surface area contributed by atoms with E-state index in [1.165, 1.54) is 43.1 Å². The Bertz CT molecular complexity index is 1080. The van der Waals surface area contributed by atoms with Crippen molar-refractivity contribution in [2.45, 2.75) is 38.0 Å². The number of anilines is 2. The van der Waals surface area contributed by atoms with Crippen LogP contribution in [0.4, 0.5) is 11.4 Å². The van der Waals surface area contributed by atoms with E-state index in [2.05, 4.69) is 30.3 Å². The van der Waals surface area contributed by atoms with Crippen LogP contribution in [0, 0.1) is 0 Å². The summed E-state index contributed by atoms with van der Waals surface area (Å²) in [5.41, 5.74) is 5.09. The molecule has 2 nitrogen and oxygen atoms in total. The molecular formula is C24H22BNO. The number of fused-ring (bicyclic) bond motifs is 3. The first-order valence-electron chi connectivity index (χ1n) is 9.87. The molecule has 0 saturated heterocycles. The maximum atomic E-state index is 6.49. The lowest BCUT2D eigenvalue weighted by atomic mass is 9.83. The molecule has 1 saturated carbocycles. The Kier molecular flexibility index (Phi) is 4.16. The van der Waals surface area contributed by atoms with E-state index in [0.717, 1.165) is 27.9 Å². The molecule has 5 rings (SSSR count). The van der Waals surface area contributed by atoms with E-state index in [0.29, 0.717) is 5.92 Å². The molecule has 0 N–H and O–H groups in total. The molecule has 1 aromatic heterocycles. The summed E-state index contributed by atoms with van der Waals surface area (Å²) in [6.45, 7) is 0. The van der Waals surface area contributed by atoms with Gasteiger partial charge in [0.2, 0.25) is 7.98 Å². The van der Waals surface area contributed by atoms with Crippen molar-refractivity contribution in [3.8, 4) is 0 Å². The van der Waals surface area contributed by atoms with E-state index in [9.17, 15) is 0 Å². The van der Waals surface area contributed by atoms with Crippen LogP contribution >= 0.6 is 0 Å². The molecule has 0 aliphatic heterocycles. The topological polar surface area (TPSA) is 16.4 Å². The highest BCUT2D eigenvalue weighted by Crippen LogP contribution is 2.42. The van der Waals surface area contributed by atoms with Crippen LogP contribution < -0.4 is 4.81 Å². The Balaban J connectivity index is 1.69. The summed E-state index contributed by atoms with van der Waals surface area (Å²) in [4.78, 5) is 1.71. The number of hydrogen-bond donors (Lipinski definition) is 0. The molecule has 4 aromatic rings. The number of nitrogens with zero attached hydrogens (tertiary/aromatic N) is 1. The first kappa shape index (κ1) is 16.5. The summed E-state index contributed by atoms with van der Waals surface area (Å²) in [6.07, 6.45) is 6.51. The van der Waals surface area contributed by atoms with Crippen LogP contribution in [0.5, 0.6) is 0 Å². The third-order valence-corrected chi connectivity index (χ3v) is 5.87. The van der Waals surface area contributed by atoms with Crippen molar-refractivity contribution in [2.24, 2.45) is 0 Å². The molecule has 0 unspecified atom stereocenters. The van der Waals surface area contributed by atoms with Gasteiger partial charge < -0.3 is 9.23 Å². The normalized spacial score (nSPS) is 15.4. The van der Waals surface area contributed by atoms with Gasteiger partial charge in [0.1, 0.15) is 5.58 Å². The molecule has 132 valence electrons. The van der Waals surface area contributed by atoms with Crippen molar-refractivity contribution in [3.63, 3.8) is 0 Å². The Labute approximate surface area is 161 Å². The van der Waals surface area contributed by atoms with E-state index in [4.69, 9.17) is 12.4 Å². The minimum Gasteiger partial charge on any atom is -0.454 e. The second-order valence-electron chi connectivity index (χ2n) is 7.52. The average molecular weight is 351 g/mol. The van der Waals surface area contributed by atoms with Crippen LogP contribution in [0.2, 0.25) is 0 Å². The van der Waals surface area contributed by atoms with Crippen LogP contribution in [-0.2, 0) is 0 Å². The molecule has 27 heavy (non-hydrogen) atoms. The lowest BCUT2D eigenvalue weighted by molar-refractivity contribution is 0.442. The third-order valence-electron chi connectivity index (χ3n) is 5.87. The number of furan rings is 1. The highest BCUT2D eigenvalue weighted by molar-refractivity contribution is 6.25. The van der Waals surface area contributed by atoms with E-state index in [1.54, 1.807) is 4.81 Å². The van der Waals surface area contributed by atoms with Crippen LogP contribution in [0.25, 0.3) is 21.9 Å². The molecule has 0 amide bonds. The second kappa shape index (κ2) is 6.81. The highest BCUT2D eigenvalue weighted by Gasteiger charge is 2.21. The third kappa shape index (κ3) is 2.82. The van der Waals surface area contributed by atoms with Crippen molar-refractivity contribution in [3.05, 3.63) is 72.3 Å². The van der Waals surface area contributed by atoms with E-state index in [1.807, 2.05) is 36.4 Å². The lowest BCUT2D eigenvalue weighted by Gasteiger charge is -2.22. The summed E-state index contributed by atoms with van der Waals surface area (Å²) in [6, 6.07) is 22.8. The van der Waals surface area contributed by atoms with Crippen LogP contribution in [-0.4, -0.2) is 7.98 Å². The van der Waals surface area contributed by atoms with Crippen molar-refractivity contribution in [1.29, 1.82) is 0 Å². The van der Waals surface area contributed by atoms with Gasteiger partial charge >= 0.3 is 0 Å². The quantitative estimate of drug-likeness (QED) is 0.375. The van der Waals surface area contributed by atoms with Gasteiger partial charge in [0.05, 0.1) is 5.69 Å². The fraction of sp³-hybridized carbons (Fsp3) is 0.250. The molecule has 2 radical (unpaired) electrons. The van der Waals surface area contributed by atoms with Crippen molar-refractivity contribution in [1.82, 2.24) is 0 Å². The minimum atomic E-state index is 0.606. The largest absolute Gasteiger partial charge is 0.454 e. The van der Waals surface area contributed by atoms with Gasteiger partial charge in [-0.15, -0.1) is 0 Å². The predicted molar refractivity (Wildman–Crippen MR) is 114 cm³/mol. The Hall–Kier alpha value is -2.68. The molecule has 1 aliphatic rings. The van der Waals surface area contributed by atoms with Crippen LogP contribution in [0.1, 0.15) is 43.6 Å². The number of rotatable bonds is 3. The Morgan fingerprint density at radius 2 is 1.44 bits per heavy atom. The van der Waals surface area contributed by atoms with Crippen LogP contribution in [0.15, 0.2) is 71.1 Å². The standard InChI is InChI=1S/C24H22BNO/c25-26(18-11-5-2-6-12-18)22-16-8-15-21-20-14-7-13-19(23(20)27-24(21)22)17-9-3-1-4-10-17/h2,5-8,11-17H,1,3-4,9-10H2. The SMILES string of the molecule is [B]N(c1ccccc1)c1cccc2c1oc1c(C3CCCCC3)cccc12. The first-order chi connectivity index (χ1) is 13.3. The van der Waals surface area contributed by atoms with Crippen LogP contribution in [0.3, 0.4) is 0 Å². The van der Waals surface area contributed by atoms with Gasteiger partial charge in [-0.1, -0.05) is 67.8 Å². The first-order valence-corrected chi connectivity index (χ1v) is 9.87. The second-order valence-corrected chi connectivity index (χ2v) is 7.52. The fourth-order valence-corrected chi connectivity index (χ4v) is 4.48. The summed E-state index contributed by atoms with van der Waals surface area (Å²) < 4.78 is 6.49. The average Bonchev–Trinajstić information content (AvgIpc) is 3.13. The monoisotopic (exact) mass is 351 g/mol. The summed E-state index contributed by atoms with van der Waals surface area (Å²) in [5, 5.41) is 2.32. The summed E-state index contributed by atoms with van der Waals surface area (Å²) in [5.74, 6) is 0.606. The van der Waals surface area contributed by atoms with Gasteiger partial charge in [-0.3, -0.25) is 0 Å². The van der Waals surface area contributed by atoms with Gasteiger partial charge in [0.25, 0.3) is 0 Å². The van der Waals surface area contributed by atoms with Gasteiger partial charge in [-0.05, 0) is 42.5 Å². The van der Waals surface area contributed by atoms with E-state index in [-0.39, 0.29) is 0 Å². The van der Waals surface area contributed by atoms with Crippen molar-refractivity contribution in [2.75, 3.05) is 4.81 Å². The lowest BCUT2D eigenvalue weighted by Crippen LogP contribution is -2.11. The minimum absolute atomic E-state index is 0.606.